The first-order valence-corrected chi connectivity index (χ1v) is 12.7. The number of imidazole rings is 1. The summed E-state index contributed by atoms with van der Waals surface area (Å²) in [5.41, 5.74) is 6.81. The molecule has 0 saturated carbocycles. The predicted molar refractivity (Wildman–Crippen MR) is 128 cm³/mol. The first-order chi connectivity index (χ1) is 15.3. The predicted octanol–water partition coefficient (Wildman–Crippen LogP) is 6.39. The SMILES string of the molecule is NC(=O)c1ccc2c(c1)nc(Nc1ccc(SI)cc1)n2Cc1ccccc1C(F)(F)F. The van der Waals surface area contributed by atoms with Crippen molar-refractivity contribution in [2.24, 2.45) is 5.73 Å². The molecule has 0 bridgehead atoms. The molecule has 0 atom stereocenters. The highest BCUT2D eigenvalue weighted by molar-refractivity contribution is 14.2. The first-order valence-electron chi connectivity index (χ1n) is 9.37. The number of primary amides is 1. The van der Waals surface area contributed by atoms with E-state index in [2.05, 4.69) is 31.5 Å². The van der Waals surface area contributed by atoms with Crippen molar-refractivity contribution in [3.63, 3.8) is 0 Å². The number of hydrogen-bond donors (Lipinski definition) is 2. The number of anilines is 2. The number of nitrogens with zero attached hydrogens (tertiary/aromatic N) is 2. The lowest BCUT2D eigenvalue weighted by Crippen LogP contribution is -2.13. The van der Waals surface area contributed by atoms with Crippen LogP contribution in [0, 0.1) is 0 Å². The van der Waals surface area contributed by atoms with Crippen molar-refractivity contribution in [3.8, 4) is 0 Å². The minimum absolute atomic E-state index is 0.0634. The third-order valence-corrected chi connectivity index (χ3v) is 6.86. The summed E-state index contributed by atoms with van der Waals surface area (Å²) >= 11 is 2.18. The molecular weight excluding hydrogens is 552 g/mol. The Morgan fingerprint density at radius 2 is 1.81 bits per heavy atom. The maximum Gasteiger partial charge on any atom is 0.416 e. The van der Waals surface area contributed by atoms with Gasteiger partial charge in [0.1, 0.15) is 0 Å². The Kier molecular flexibility index (Phi) is 6.33. The van der Waals surface area contributed by atoms with Gasteiger partial charge in [0.05, 0.1) is 23.1 Å². The summed E-state index contributed by atoms with van der Waals surface area (Å²) in [6, 6.07) is 17.7. The van der Waals surface area contributed by atoms with Crippen molar-refractivity contribution < 1.29 is 18.0 Å². The van der Waals surface area contributed by atoms with Crippen LogP contribution < -0.4 is 11.1 Å². The number of aromatic nitrogens is 2. The van der Waals surface area contributed by atoms with E-state index in [9.17, 15) is 18.0 Å². The summed E-state index contributed by atoms with van der Waals surface area (Å²) in [6.45, 7) is -0.0634. The van der Waals surface area contributed by atoms with Gasteiger partial charge in [0.15, 0.2) is 0 Å². The number of fused-ring (bicyclic) bond motifs is 1. The zero-order valence-electron chi connectivity index (χ0n) is 16.4. The molecule has 32 heavy (non-hydrogen) atoms. The highest BCUT2D eigenvalue weighted by atomic mass is 127. The number of nitrogens with one attached hydrogen (secondary N) is 1. The van der Waals surface area contributed by atoms with Gasteiger partial charge in [-0.25, -0.2) is 4.98 Å². The van der Waals surface area contributed by atoms with Crippen LogP contribution in [0.2, 0.25) is 0 Å². The topological polar surface area (TPSA) is 72.9 Å². The maximum atomic E-state index is 13.6. The summed E-state index contributed by atoms with van der Waals surface area (Å²) in [4.78, 5) is 17.2. The maximum absolute atomic E-state index is 13.6. The molecule has 4 aromatic rings. The van der Waals surface area contributed by atoms with E-state index in [0.717, 1.165) is 16.6 Å². The Balaban J connectivity index is 1.82. The number of halogens is 4. The van der Waals surface area contributed by atoms with Gasteiger partial charge >= 0.3 is 6.18 Å². The minimum Gasteiger partial charge on any atom is -0.366 e. The van der Waals surface area contributed by atoms with Crippen molar-refractivity contribution in [2.75, 3.05) is 5.32 Å². The second-order valence-electron chi connectivity index (χ2n) is 6.97. The molecule has 1 aromatic heterocycles. The van der Waals surface area contributed by atoms with Crippen LogP contribution in [0.15, 0.2) is 71.6 Å². The third kappa shape index (κ3) is 4.70. The molecule has 4 rings (SSSR count). The molecule has 10 heteroatoms. The molecule has 1 heterocycles. The molecular formula is C22H16F3IN4OS. The van der Waals surface area contributed by atoms with Crippen LogP contribution in [0.1, 0.15) is 21.5 Å². The van der Waals surface area contributed by atoms with E-state index < -0.39 is 17.6 Å². The van der Waals surface area contributed by atoms with Gasteiger partial charge in [-0.2, -0.15) is 13.2 Å². The average molecular weight is 568 g/mol. The summed E-state index contributed by atoms with van der Waals surface area (Å²) < 4.78 is 42.3. The van der Waals surface area contributed by atoms with Crippen LogP contribution in [0.25, 0.3) is 11.0 Å². The number of benzene rings is 3. The molecule has 0 unspecified atom stereocenters. The number of nitrogens with two attached hydrogens (primary N) is 1. The van der Waals surface area contributed by atoms with Crippen LogP contribution in [-0.2, 0) is 12.7 Å². The zero-order chi connectivity index (χ0) is 22.9. The largest absolute Gasteiger partial charge is 0.416 e. The van der Waals surface area contributed by atoms with Gasteiger partial charge in [-0.3, -0.25) is 4.79 Å². The van der Waals surface area contributed by atoms with Crippen LogP contribution in [0.4, 0.5) is 24.8 Å². The molecule has 0 radical (unpaired) electrons. The van der Waals surface area contributed by atoms with E-state index in [4.69, 9.17) is 5.73 Å². The minimum atomic E-state index is -4.48. The van der Waals surface area contributed by atoms with Gasteiger partial charge in [-0.05, 0) is 54.1 Å². The normalized spacial score (nSPS) is 11.6. The molecule has 0 spiro atoms. The van der Waals surface area contributed by atoms with Gasteiger partial charge in [-0.15, -0.1) is 0 Å². The van der Waals surface area contributed by atoms with E-state index in [1.807, 2.05) is 24.3 Å². The van der Waals surface area contributed by atoms with Gasteiger partial charge in [0.2, 0.25) is 11.9 Å². The lowest BCUT2D eigenvalue weighted by Gasteiger charge is -2.16. The monoisotopic (exact) mass is 568 g/mol. The van der Waals surface area contributed by atoms with Crippen molar-refractivity contribution in [2.45, 2.75) is 17.6 Å². The molecule has 3 N–H and O–H groups in total. The fourth-order valence-electron chi connectivity index (χ4n) is 3.36. The standard InChI is InChI=1S/C22H16F3IN4OS/c23-22(24,25)17-4-2-1-3-14(17)12-30-19-10-5-13(20(27)31)11-18(19)29-21(30)28-15-6-8-16(32-26)9-7-15/h1-11H,12H2,(H2,27,31)(H,28,29). The Morgan fingerprint density at radius 1 is 1.09 bits per heavy atom. The van der Waals surface area contributed by atoms with Crippen molar-refractivity contribution in [1.29, 1.82) is 0 Å². The Morgan fingerprint density at radius 3 is 2.47 bits per heavy atom. The average Bonchev–Trinajstić information content (AvgIpc) is 3.10. The molecule has 0 aliphatic heterocycles. The lowest BCUT2D eigenvalue weighted by atomic mass is 10.1. The van der Waals surface area contributed by atoms with Crippen LogP contribution in [-0.4, -0.2) is 15.5 Å². The number of carbonyl (C=O) groups is 1. The van der Waals surface area contributed by atoms with E-state index >= 15 is 0 Å². The first kappa shape index (κ1) is 22.5. The summed E-state index contributed by atoms with van der Waals surface area (Å²) in [7, 11) is 1.57. The van der Waals surface area contributed by atoms with E-state index in [0.29, 0.717) is 17.0 Å². The summed E-state index contributed by atoms with van der Waals surface area (Å²) in [6.07, 6.45) is -4.48. The molecule has 1 amide bonds. The van der Waals surface area contributed by atoms with Gasteiger partial charge in [0, 0.05) is 37.4 Å². The van der Waals surface area contributed by atoms with Gasteiger partial charge < -0.3 is 15.6 Å². The number of amides is 1. The Hall–Kier alpha value is -2.73. The molecule has 5 nitrogen and oxygen atoms in total. The highest BCUT2D eigenvalue weighted by Crippen LogP contribution is 2.34. The molecule has 0 aliphatic carbocycles. The van der Waals surface area contributed by atoms with Crippen LogP contribution >= 0.6 is 30.1 Å². The van der Waals surface area contributed by atoms with E-state index in [1.54, 1.807) is 25.6 Å². The summed E-state index contributed by atoms with van der Waals surface area (Å²) in [5.74, 6) is -0.251. The van der Waals surface area contributed by atoms with Gasteiger partial charge in [0.25, 0.3) is 0 Å². The van der Waals surface area contributed by atoms with E-state index in [1.165, 1.54) is 24.3 Å². The van der Waals surface area contributed by atoms with Gasteiger partial charge in [-0.1, -0.05) is 27.1 Å². The van der Waals surface area contributed by atoms with Crippen molar-refractivity contribution in [1.82, 2.24) is 9.55 Å². The van der Waals surface area contributed by atoms with Crippen molar-refractivity contribution in [3.05, 3.63) is 83.4 Å². The fraction of sp³-hybridized carbons (Fsp3) is 0.0909. The van der Waals surface area contributed by atoms with E-state index in [-0.39, 0.29) is 17.7 Å². The second kappa shape index (κ2) is 9.02. The number of rotatable bonds is 6. The molecule has 164 valence electrons. The number of hydrogen-bond acceptors (Lipinski definition) is 4. The van der Waals surface area contributed by atoms with Crippen LogP contribution in [0.3, 0.4) is 0 Å². The second-order valence-corrected chi connectivity index (χ2v) is 8.92. The number of carbonyl (C=O) groups excluding carboxylic acids is 1. The molecule has 3 aromatic carbocycles. The fourth-order valence-corrected chi connectivity index (χ4v) is 4.48. The third-order valence-electron chi connectivity index (χ3n) is 4.88. The van der Waals surface area contributed by atoms with Crippen molar-refractivity contribution >= 4 is 58.7 Å². The zero-order valence-corrected chi connectivity index (χ0v) is 19.3. The lowest BCUT2D eigenvalue weighted by molar-refractivity contribution is -0.138. The quantitative estimate of drug-likeness (QED) is 0.265. The highest BCUT2D eigenvalue weighted by Gasteiger charge is 2.33. The smallest absolute Gasteiger partial charge is 0.366 e. The summed E-state index contributed by atoms with van der Waals surface area (Å²) in [5, 5.41) is 3.18. The Bertz CT molecular complexity index is 1290. The molecule has 0 aliphatic rings. The van der Waals surface area contributed by atoms with Crippen LogP contribution in [0.5, 0.6) is 0 Å². The molecule has 0 saturated heterocycles. The molecule has 0 fully saturated rings. The number of alkyl halides is 3. The Labute approximate surface area is 197 Å².